The van der Waals surface area contributed by atoms with Crippen molar-refractivity contribution in [2.24, 2.45) is 0 Å². The largest absolute Gasteiger partial charge is 0.478 e. The number of rotatable bonds is 3. The molecule has 92 valence electrons. The van der Waals surface area contributed by atoms with Crippen molar-refractivity contribution in [3.05, 3.63) is 32.8 Å². The van der Waals surface area contributed by atoms with Gasteiger partial charge in [-0.1, -0.05) is 23.3 Å². The Morgan fingerprint density at radius 2 is 2.06 bits per heavy atom. The fraction of sp³-hybridized carbons (Fsp3) is 0.100. The molecular weight excluding hydrogens is 266 g/mol. The number of carboxylic acids is 1. The zero-order chi connectivity index (χ0) is 13.4. The topological polar surface area (TPSA) is 80.4 Å². The van der Waals surface area contributed by atoms with E-state index >= 15 is 0 Å². The fourth-order valence-corrected chi connectivity index (χ4v) is 2.88. The summed E-state index contributed by atoms with van der Waals surface area (Å²) in [6.07, 6.45) is 1.67. The summed E-state index contributed by atoms with van der Waals surface area (Å²) in [5.74, 6) is 6.29. The third kappa shape index (κ3) is 2.78. The smallest absolute Gasteiger partial charge is 0.335 e. The van der Waals surface area contributed by atoms with Gasteiger partial charge in [0, 0.05) is 11.0 Å². The Balaban J connectivity index is 3.73. The van der Waals surface area contributed by atoms with Gasteiger partial charge in [0.25, 0.3) is 5.69 Å². The van der Waals surface area contributed by atoms with Gasteiger partial charge in [0.1, 0.15) is 5.02 Å². The normalized spacial score (nSPS) is 11.2. The van der Waals surface area contributed by atoms with E-state index in [-0.39, 0.29) is 10.6 Å². The maximum atomic E-state index is 10.9. The van der Waals surface area contributed by atoms with Crippen molar-refractivity contribution in [2.75, 3.05) is 6.26 Å². The molecule has 1 rings (SSSR count). The van der Waals surface area contributed by atoms with E-state index < -0.39 is 25.8 Å². The van der Waals surface area contributed by atoms with E-state index in [0.29, 0.717) is 4.90 Å². The number of carbonyl (C=O) groups is 1. The van der Waals surface area contributed by atoms with Crippen molar-refractivity contribution < 1.29 is 14.8 Å². The van der Waals surface area contributed by atoms with E-state index in [1.54, 1.807) is 6.26 Å². The van der Waals surface area contributed by atoms with Crippen LogP contribution in [0.2, 0.25) is 5.02 Å². The molecule has 0 radical (unpaired) electrons. The van der Waals surface area contributed by atoms with Gasteiger partial charge in [-0.05, 0) is 12.3 Å². The first kappa shape index (κ1) is 13.5. The number of nitrogens with zero attached hydrogens (tertiary/aromatic N) is 1. The number of benzene rings is 1. The number of hydrogen-bond donors (Lipinski definition) is 1. The van der Waals surface area contributed by atoms with E-state index in [0.717, 1.165) is 6.07 Å². The van der Waals surface area contributed by atoms with Crippen LogP contribution in [0, 0.1) is 10.1 Å². The van der Waals surface area contributed by atoms with Gasteiger partial charge in [0.15, 0.2) is 0 Å². The molecule has 0 aliphatic heterocycles. The highest BCUT2D eigenvalue weighted by molar-refractivity contribution is 8.27. The van der Waals surface area contributed by atoms with Gasteiger partial charge in [-0.3, -0.25) is 10.1 Å². The van der Waals surface area contributed by atoms with Crippen LogP contribution in [0.15, 0.2) is 17.0 Å². The van der Waals surface area contributed by atoms with Crippen molar-refractivity contribution in [3.8, 4) is 0 Å². The van der Waals surface area contributed by atoms with Gasteiger partial charge < -0.3 is 5.11 Å². The molecule has 0 heterocycles. The summed E-state index contributed by atoms with van der Waals surface area (Å²) in [5, 5.41) is 19.6. The second-order valence-electron chi connectivity index (χ2n) is 3.64. The Hall–Kier alpha value is -1.53. The quantitative estimate of drug-likeness (QED) is 0.522. The molecule has 1 aromatic rings. The highest BCUT2D eigenvalue weighted by atomic mass is 35.5. The minimum atomic E-state index is -1.85. The number of nitro benzene ring substituents is 1. The number of carboxylic acid groups (broad SMARTS) is 1. The van der Waals surface area contributed by atoms with Gasteiger partial charge in [-0.15, -0.1) is 0 Å². The first-order valence-corrected chi connectivity index (χ1v) is 7.06. The molecule has 0 aliphatic carbocycles. The van der Waals surface area contributed by atoms with E-state index in [1.807, 2.05) is 0 Å². The Labute approximate surface area is 103 Å². The lowest BCUT2D eigenvalue weighted by Crippen LogP contribution is -2.00. The molecule has 0 amide bonds. The summed E-state index contributed by atoms with van der Waals surface area (Å²) in [4.78, 5) is 21.2. The molecule has 17 heavy (non-hydrogen) atoms. The minimum absolute atomic E-state index is 0.0949. The SMILES string of the molecule is C=S(=C)(C)c1cc(C(=O)O)cc([N+](=O)[O-])c1Cl. The lowest BCUT2D eigenvalue weighted by molar-refractivity contribution is -0.384. The van der Waals surface area contributed by atoms with Crippen LogP contribution in [0.4, 0.5) is 5.69 Å². The molecule has 0 bridgehead atoms. The van der Waals surface area contributed by atoms with Crippen LogP contribution in [0.1, 0.15) is 10.4 Å². The maximum Gasteiger partial charge on any atom is 0.335 e. The van der Waals surface area contributed by atoms with Gasteiger partial charge in [-0.25, -0.2) is 4.79 Å². The standard InChI is InChI=1S/C10H10ClNO4S/c1-17(2,3)8-5-6(10(13)14)4-7(9(8)11)12(15)16/h4-5H,1-2H2,3H3,(H,13,14). The zero-order valence-corrected chi connectivity index (χ0v) is 10.5. The van der Waals surface area contributed by atoms with Crippen LogP contribution in [-0.4, -0.2) is 34.0 Å². The van der Waals surface area contributed by atoms with Crippen LogP contribution >= 0.6 is 20.8 Å². The van der Waals surface area contributed by atoms with E-state index in [2.05, 4.69) is 11.7 Å². The van der Waals surface area contributed by atoms with Crippen molar-refractivity contribution in [1.29, 1.82) is 0 Å². The van der Waals surface area contributed by atoms with Crippen LogP contribution in [0.25, 0.3) is 0 Å². The van der Waals surface area contributed by atoms with Gasteiger partial charge in [-0.2, -0.15) is 9.21 Å². The molecule has 1 N–H and O–H groups in total. The Morgan fingerprint density at radius 1 is 1.53 bits per heavy atom. The molecule has 0 saturated carbocycles. The average molecular weight is 276 g/mol. The fourth-order valence-electron chi connectivity index (χ4n) is 1.20. The predicted molar refractivity (Wildman–Crippen MR) is 71.1 cm³/mol. The highest BCUT2D eigenvalue weighted by Crippen LogP contribution is 2.40. The van der Waals surface area contributed by atoms with Crippen LogP contribution in [-0.2, 0) is 0 Å². The number of nitro groups is 1. The van der Waals surface area contributed by atoms with E-state index in [1.165, 1.54) is 6.07 Å². The lowest BCUT2D eigenvalue weighted by Gasteiger charge is -2.11. The predicted octanol–water partition coefficient (Wildman–Crippen LogP) is 2.60. The first-order valence-electron chi connectivity index (χ1n) is 4.30. The van der Waals surface area contributed by atoms with E-state index in [9.17, 15) is 14.9 Å². The molecule has 1 aromatic carbocycles. The molecular formula is C10H10ClNO4S. The summed E-state index contributed by atoms with van der Waals surface area (Å²) in [6, 6.07) is 2.21. The molecule has 0 aliphatic rings. The third-order valence-corrected chi connectivity index (χ3v) is 3.89. The second kappa shape index (κ2) is 4.38. The highest BCUT2D eigenvalue weighted by Gasteiger charge is 2.21. The van der Waals surface area contributed by atoms with Gasteiger partial charge >= 0.3 is 5.97 Å². The van der Waals surface area contributed by atoms with Crippen LogP contribution < -0.4 is 0 Å². The number of hydrogen-bond acceptors (Lipinski definition) is 3. The Bertz CT molecular complexity index is 607. The summed E-state index contributed by atoms with van der Waals surface area (Å²) in [7, 11) is -1.85. The summed E-state index contributed by atoms with van der Waals surface area (Å²) >= 11 is 5.87. The molecule has 0 fully saturated rings. The molecule has 0 atom stereocenters. The monoisotopic (exact) mass is 275 g/mol. The van der Waals surface area contributed by atoms with Gasteiger partial charge in [0.2, 0.25) is 0 Å². The van der Waals surface area contributed by atoms with Crippen molar-refractivity contribution >= 4 is 44.2 Å². The summed E-state index contributed by atoms with van der Waals surface area (Å²) < 4.78 is 0. The number of aromatic carboxylic acids is 1. The molecule has 0 saturated heterocycles. The average Bonchev–Trinajstić information content (AvgIpc) is 2.15. The zero-order valence-electron chi connectivity index (χ0n) is 8.97. The third-order valence-electron chi connectivity index (χ3n) is 1.99. The molecule has 7 heteroatoms. The van der Waals surface area contributed by atoms with Gasteiger partial charge in [0.05, 0.1) is 10.5 Å². The minimum Gasteiger partial charge on any atom is -0.478 e. The summed E-state index contributed by atoms with van der Waals surface area (Å²) in [5.41, 5.74) is -0.630. The molecule has 5 nitrogen and oxygen atoms in total. The first-order chi connectivity index (χ1) is 7.64. The number of halogens is 1. The molecule has 0 unspecified atom stereocenters. The van der Waals surface area contributed by atoms with Crippen molar-refractivity contribution in [2.45, 2.75) is 4.90 Å². The second-order valence-corrected chi connectivity index (χ2v) is 7.01. The van der Waals surface area contributed by atoms with E-state index in [4.69, 9.17) is 16.7 Å². The molecule has 0 spiro atoms. The van der Waals surface area contributed by atoms with Crippen LogP contribution in [0.5, 0.6) is 0 Å². The summed E-state index contributed by atoms with van der Waals surface area (Å²) in [6.45, 7) is 0. The lowest BCUT2D eigenvalue weighted by atomic mass is 10.2. The Kier molecular flexibility index (Phi) is 3.49. The Morgan fingerprint density at radius 3 is 2.41 bits per heavy atom. The molecule has 0 aromatic heterocycles. The maximum absolute atomic E-state index is 10.9. The van der Waals surface area contributed by atoms with Crippen molar-refractivity contribution in [1.82, 2.24) is 0 Å². The van der Waals surface area contributed by atoms with Crippen LogP contribution in [0.3, 0.4) is 0 Å². The van der Waals surface area contributed by atoms with Crippen molar-refractivity contribution in [3.63, 3.8) is 0 Å².